The molecule has 0 saturated heterocycles. The lowest BCUT2D eigenvalue weighted by atomic mass is 10.1. The summed E-state index contributed by atoms with van der Waals surface area (Å²) in [6.45, 7) is 3.45. The van der Waals surface area contributed by atoms with Crippen molar-refractivity contribution in [2.45, 2.75) is 12.5 Å². The van der Waals surface area contributed by atoms with E-state index in [0.29, 0.717) is 0 Å². The molecule has 0 saturated carbocycles. The van der Waals surface area contributed by atoms with Crippen LogP contribution in [0, 0.1) is 0 Å². The van der Waals surface area contributed by atoms with Gasteiger partial charge in [-0.2, -0.15) is 0 Å². The molecule has 0 aliphatic rings. The van der Waals surface area contributed by atoms with E-state index in [4.69, 9.17) is 4.74 Å². The molecular weight excluding hydrogens is 272 g/mol. The standard InChI is InChI=1S/C15H16N2O4/c1-2-7-21-15(20)17-13(14(18)19)8-10-9-16-12-6-4-3-5-11(10)12/h2-6,9,13,16H,1,7-8H2,(H,17,20)(H,18,19)/t13-/m1/s1. The van der Waals surface area contributed by atoms with Gasteiger partial charge in [-0.15, -0.1) is 0 Å². The maximum atomic E-state index is 11.5. The summed E-state index contributed by atoms with van der Waals surface area (Å²) in [6.07, 6.45) is 2.55. The van der Waals surface area contributed by atoms with E-state index in [0.717, 1.165) is 16.5 Å². The van der Waals surface area contributed by atoms with Crippen molar-refractivity contribution in [1.29, 1.82) is 0 Å². The molecule has 1 heterocycles. The number of carbonyl (C=O) groups excluding carboxylic acids is 1. The summed E-state index contributed by atoms with van der Waals surface area (Å²) < 4.78 is 4.74. The number of hydrogen-bond acceptors (Lipinski definition) is 3. The number of rotatable bonds is 6. The first-order valence-corrected chi connectivity index (χ1v) is 6.44. The fourth-order valence-electron chi connectivity index (χ4n) is 2.04. The van der Waals surface area contributed by atoms with Crippen molar-refractivity contribution in [3.8, 4) is 0 Å². The molecule has 2 rings (SSSR count). The first-order chi connectivity index (χ1) is 10.1. The zero-order valence-electron chi connectivity index (χ0n) is 11.3. The van der Waals surface area contributed by atoms with E-state index >= 15 is 0 Å². The molecule has 1 aromatic heterocycles. The van der Waals surface area contributed by atoms with Crippen molar-refractivity contribution in [3.63, 3.8) is 0 Å². The smallest absolute Gasteiger partial charge is 0.408 e. The average Bonchev–Trinajstić information content (AvgIpc) is 2.87. The molecule has 0 aliphatic carbocycles. The Morgan fingerprint density at radius 1 is 1.43 bits per heavy atom. The number of carbonyl (C=O) groups is 2. The lowest BCUT2D eigenvalue weighted by Gasteiger charge is -2.13. The van der Waals surface area contributed by atoms with Crippen molar-refractivity contribution < 1.29 is 19.4 Å². The Kier molecular flexibility index (Phi) is 4.61. The Bertz CT molecular complexity index is 662. The van der Waals surface area contributed by atoms with Gasteiger partial charge in [0.2, 0.25) is 0 Å². The van der Waals surface area contributed by atoms with Gasteiger partial charge < -0.3 is 20.1 Å². The molecule has 0 fully saturated rings. The van der Waals surface area contributed by atoms with Gasteiger partial charge in [0.25, 0.3) is 0 Å². The molecule has 1 atom stereocenters. The second-order valence-electron chi connectivity index (χ2n) is 4.49. The predicted octanol–water partition coefficient (Wildman–Crippen LogP) is 2.08. The average molecular weight is 288 g/mol. The van der Waals surface area contributed by atoms with Crippen LogP contribution in [0.4, 0.5) is 4.79 Å². The molecule has 6 heteroatoms. The Morgan fingerprint density at radius 3 is 2.90 bits per heavy atom. The number of fused-ring (bicyclic) bond motifs is 1. The number of carboxylic acids is 1. The molecule has 3 N–H and O–H groups in total. The third-order valence-electron chi connectivity index (χ3n) is 3.02. The molecule has 0 aliphatic heterocycles. The Balaban J connectivity index is 2.11. The number of benzene rings is 1. The minimum atomic E-state index is -1.11. The largest absolute Gasteiger partial charge is 0.480 e. The number of aliphatic carboxylic acids is 1. The number of amides is 1. The fourth-order valence-corrected chi connectivity index (χ4v) is 2.04. The van der Waals surface area contributed by atoms with E-state index in [-0.39, 0.29) is 13.0 Å². The second-order valence-corrected chi connectivity index (χ2v) is 4.49. The Hall–Kier alpha value is -2.76. The van der Waals surface area contributed by atoms with Crippen LogP contribution in [0.15, 0.2) is 43.1 Å². The van der Waals surface area contributed by atoms with Gasteiger partial charge in [-0.1, -0.05) is 30.9 Å². The van der Waals surface area contributed by atoms with Crippen molar-refractivity contribution in [2.24, 2.45) is 0 Å². The minimum absolute atomic E-state index is 0.0330. The lowest BCUT2D eigenvalue weighted by molar-refractivity contribution is -0.139. The molecule has 1 aromatic carbocycles. The van der Waals surface area contributed by atoms with Gasteiger partial charge in [0.1, 0.15) is 12.6 Å². The van der Waals surface area contributed by atoms with Crippen LogP contribution in [-0.4, -0.2) is 34.8 Å². The number of aromatic nitrogens is 1. The van der Waals surface area contributed by atoms with Gasteiger partial charge in [-0.3, -0.25) is 0 Å². The fraction of sp³-hybridized carbons (Fsp3) is 0.200. The van der Waals surface area contributed by atoms with Crippen molar-refractivity contribution in [1.82, 2.24) is 10.3 Å². The SMILES string of the molecule is C=CCOC(=O)N[C@H](Cc1c[nH]c2ccccc12)C(=O)O. The minimum Gasteiger partial charge on any atom is -0.480 e. The van der Waals surface area contributed by atoms with E-state index in [9.17, 15) is 14.7 Å². The van der Waals surface area contributed by atoms with E-state index in [1.54, 1.807) is 6.20 Å². The highest BCUT2D eigenvalue weighted by Gasteiger charge is 2.22. The molecule has 21 heavy (non-hydrogen) atoms. The summed E-state index contributed by atoms with van der Waals surface area (Å²) in [6, 6.07) is 6.52. The van der Waals surface area contributed by atoms with Crippen LogP contribution >= 0.6 is 0 Å². The predicted molar refractivity (Wildman–Crippen MR) is 78.1 cm³/mol. The highest BCUT2D eigenvalue weighted by Crippen LogP contribution is 2.19. The zero-order valence-corrected chi connectivity index (χ0v) is 11.3. The molecule has 2 aromatic rings. The first kappa shape index (κ1) is 14.6. The van der Waals surface area contributed by atoms with Crippen LogP contribution in [0.1, 0.15) is 5.56 Å². The maximum absolute atomic E-state index is 11.5. The summed E-state index contributed by atoms with van der Waals surface area (Å²) in [5, 5.41) is 12.5. The quantitative estimate of drug-likeness (QED) is 0.710. The zero-order chi connectivity index (χ0) is 15.2. The van der Waals surface area contributed by atoms with Crippen molar-refractivity contribution in [3.05, 3.63) is 48.7 Å². The third kappa shape index (κ3) is 3.62. The monoisotopic (exact) mass is 288 g/mol. The van der Waals surface area contributed by atoms with Gasteiger partial charge in [0.15, 0.2) is 0 Å². The molecule has 110 valence electrons. The highest BCUT2D eigenvalue weighted by molar-refractivity contribution is 5.85. The number of ether oxygens (including phenoxy) is 1. The molecule has 0 bridgehead atoms. The van der Waals surface area contributed by atoms with E-state index in [1.807, 2.05) is 24.3 Å². The van der Waals surface area contributed by atoms with Crippen LogP contribution < -0.4 is 5.32 Å². The lowest BCUT2D eigenvalue weighted by Crippen LogP contribution is -2.42. The van der Waals surface area contributed by atoms with Crippen molar-refractivity contribution >= 4 is 23.0 Å². The number of aromatic amines is 1. The summed E-state index contributed by atoms with van der Waals surface area (Å²) in [7, 11) is 0. The molecule has 1 amide bonds. The normalized spacial score (nSPS) is 11.8. The van der Waals surface area contributed by atoms with E-state index in [1.165, 1.54) is 6.08 Å². The summed E-state index contributed by atoms with van der Waals surface area (Å²) in [5.74, 6) is -1.11. The second kappa shape index (κ2) is 6.60. The van der Waals surface area contributed by atoms with Gasteiger partial charge in [-0.05, 0) is 11.6 Å². The van der Waals surface area contributed by atoms with Crippen molar-refractivity contribution in [2.75, 3.05) is 6.61 Å². The topological polar surface area (TPSA) is 91.4 Å². The van der Waals surface area contributed by atoms with Crippen LogP contribution in [0.3, 0.4) is 0 Å². The number of alkyl carbamates (subject to hydrolysis) is 1. The molecule has 0 unspecified atom stereocenters. The summed E-state index contributed by atoms with van der Waals surface area (Å²) in [5.41, 5.74) is 1.74. The Labute approximate surface area is 121 Å². The van der Waals surface area contributed by atoms with Crippen LogP contribution in [0.2, 0.25) is 0 Å². The highest BCUT2D eigenvalue weighted by atomic mass is 16.5. The summed E-state index contributed by atoms with van der Waals surface area (Å²) in [4.78, 5) is 25.8. The van der Waals surface area contributed by atoms with Gasteiger partial charge in [0, 0.05) is 23.5 Å². The number of para-hydroxylation sites is 1. The number of hydrogen-bond donors (Lipinski definition) is 3. The van der Waals surface area contributed by atoms with Crippen LogP contribution in [0.5, 0.6) is 0 Å². The third-order valence-corrected chi connectivity index (χ3v) is 3.02. The Morgan fingerprint density at radius 2 is 2.19 bits per heavy atom. The number of H-pyrrole nitrogens is 1. The van der Waals surface area contributed by atoms with Gasteiger partial charge >= 0.3 is 12.1 Å². The maximum Gasteiger partial charge on any atom is 0.408 e. The van der Waals surface area contributed by atoms with Crippen LogP contribution in [0.25, 0.3) is 10.9 Å². The number of nitrogens with one attached hydrogen (secondary N) is 2. The summed E-state index contributed by atoms with van der Waals surface area (Å²) >= 11 is 0. The molecule has 0 radical (unpaired) electrons. The van der Waals surface area contributed by atoms with Gasteiger partial charge in [-0.25, -0.2) is 9.59 Å². The van der Waals surface area contributed by atoms with E-state index < -0.39 is 18.1 Å². The molecular formula is C15H16N2O4. The molecule has 6 nitrogen and oxygen atoms in total. The van der Waals surface area contributed by atoms with Gasteiger partial charge in [0.05, 0.1) is 0 Å². The van der Waals surface area contributed by atoms with E-state index in [2.05, 4.69) is 16.9 Å². The first-order valence-electron chi connectivity index (χ1n) is 6.44. The molecule has 0 spiro atoms. The van der Waals surface area contributed by atoms with Crippen LogP contribution in [-0.2, 0) is 16.0 Å². The number of carboxylic acid groups (broad SMARTS) is 1.